The first-order chi connectivity index (χ1) is 18.7. The zero-order valence-electron chi connectivity index (χ0n) is 25.9. The van der Waals surface area contributed by atoms with Gasteiger partial charge >= 0.3 is 10.4 Å². The number of aromatic nitrogens is 4. The summed E-state index contributed by atoms with van der Waals surface area (Å²) in [6.45, 7) is 23.7. The standard InChI is InChI=1S/C16H22N2.C16H20N2.H2O4S/c2*1-10-15(2,3)12-7-6-11-8-17-9-18-14(11)13(12)16(10,4)5;1-5(2,3)4/h8-10H,6-7H2,1-5H3;6-10H,1-5H3;(H2,1,2,3,4). The number of allylic oxidation sites excluding steroid dienone is 2. The van der Waals surface area contributed by atoms with Crippen LogP contribution >= 0.6 is 0 Å². The molecule has 0 spiro atoms. The van der Waals surface area contributed by atoms with Gasteiger partial charge in [-0.2, -0.15) is 8.42 Å². The average Bonchev–Trinajstić information content (AvgIpc) is 3.12. The van der Waals surface area contributed by atoms with Gasteiger partial charge in [0, 0.05) is 17.8 Å². The first-order valence-corrected chi connectivity index (χ1v) is 15.6. The highest BCUT2D eigenvalue weighted by Crippen LogP contribution is 2.62. The van der Waals surface area contributed by atoms with Crippen LogP contribution in [0.2, 0.25) is 0 Å². The Balaban J connectivity index is 0.000000163. The lowest BCUT2D eigenvalue weighted by Crippen LogP contribution is -2.30. The van der Waals surface area contributed by atoms with Crippen LogP contribution in [0.4, 0.5) is 0 Å². The van der Waals surface area contributed by atoms with Crippen molar-refractivity contribution in [2.24, 2.45) is 22.7 Å². The molecule has 0 amide bonds. The van der Waals surface area contributed by atoms with E-state index in [-0.39, 0.29) is 16.2 Å². The molecule has 0 radical (unpaired) electrons. The van der Waals surface area contributed by atoms with Crippen molar-refractivity contribution in [1.29, 1.82) is 0 Å². The van der Waals surface area contributed by atoms with Crippen LogP contribution in [0.3, 0.4) is 0 Å². The molecule has 0 fully saturated rings. The van der Waals surface area contributed by atoms with Crippen molar-refractivity contribution in [1.82, 2.24) is 19.9 Å². The quantitative estimate of drug-likeness (QED) is 0.271. The minimum Gasteiger partial charge on any atom is -0.264 e. The highest BCUT2D eigenvalue weighted by molar-refractivity contribution is 7.79. The van der Waals surface area contributed by atoms with Gasteiger partial charge in [-0.15, -0.1) is 0 Å². The molecule has 0 saturated heterocycles. The number of hydrogen-bond donors (Lipinski definition) is 2. The molecule has 2 aromatic heterocycles. The smallest absolute Gasteiger partial charge is 0.264 e. The van der Waals surface area contributed by atoms with Gasteiger partial charge in [-0.05, 0) is 68.6 Å². The molecule has 6 rings (SSSR count). The van der Waals surface area contributed by atoms with E-state index in [2.05, 4.69) is 101 Å². The Morgan fingerprint density at radius 2 is 1.32 bits per heavy atom. The van der Waals surface area contributed by atoms with Crippen LogP contribution in [0, 0.1) is 22.7 Å². The lowest BCUT2D eigenvalue weighted by Gasteiger charge is -2.34. The average molecular weight is 581 g/mol. The fourth-order valence-corrected chi connectivity index (χ4v) is 7.61. The minimum atomic E-state index is -4.67. The molecule has 0 bridgehead atoms. The third kappa shape index (κ3) is 5.32. The molecule has 3 aromatic rings. The second kappa shape index (κ2) is 10.2. The fraction of sp³-hybridized carbons (Fsp3) is 0.562. The number of rotatable bonds is 0. The van der Waals surface area contributed by atoms with Crippen LogP contribution in [0.5, 0.6) is 0 Å². The molecular weight excluding hydrogens is 536 g/mol. The Morgan fingerprint density at radius 1 is 0.756 bits per heavy atom. The molecule has 2 N–H and O–H groups in total. The predicted octanol–water partition coefficient (Wildman–Crippen LogP) is 7.06. The van der Waals surface area contributed by atoms with E-state index in [4.69, 9.17) is 17.5 Å². The van der Waals surface area contributed by atoms with E-state index in [1.807, 2.05) is 12.4 Å². The molecule has 2 atom stereocenters. The molecule has 8 nitrogen and oxygen atoms in total. The molecule has 9 heteroatoms. The van der Waals surface area contributed by atoms with Crippen molar-refractivity contribution in [3.8, 4) is 0 Å². The Kier molecular flexibility index (Phi) is 7.77. The third-order valence-electron chi connectivity index (χ3n) is 10.7. The number of hydrogen-bond acceptors (Lipinski definition) is 6. The van der Waals surface area contributed by atoms with Crippen molar-refractivity contribution in [3.63, 3.8) is 0 Å². The lowest BCUT2D eigenvalue weighted by molar-refractivity contribution is 0.198. The summed E-state index contributed by atoms with van der Waals surface area (Å²) in [5.74, 6) is 1.25. The highest BCUT2D eigenvalue weighted by atomic mass is 32.3. The van der Waals surface area contributed by atoms with Gasteiger partial charge in [0.25, 0.3) is 0 Å². The van der Waals surface area contributed by atoms with Crippen molar-refractivity contribution >= 4 is 26.9 Å². The van der Waals surface area contributed by atoms with Gasteiger partial charge in [-0.3, -0.25) is 9.11 Å². The largest absolute Gasteiger partial charge is 0.394 e. The summed E-state index contributed by atoms with van der Waals surface area (Å²) < 4.78 is 31.6. The van der Waals surface area contributed by atoms with Crippen molar-refractivity contribution < 1.29 is 17.5 Å². The van der Waals surface area contributed by atoms with E-state index < -0.39 is 10.4 Å². The second-order valence-electron chi connectivity index (χ2n) is 14.0. The van der Waals surface area contributed by atoms with Crippen LogP contribution in [-0.2, 0) is 27.6 Å². The van der Waals surface area contributed by atoms with Crippen LogP contribution < -0.4 is 0 Å². The van der Waals surface area contributed by atoms with Crippen molar-refractivity contribution in [2.45, 2.75) is 92.9 Å². The number of aryl methyl sites for hydroxylation is 1. The minimum absolute atomic E-state index is 0.159. The van der Waals surface area contributed by atoms with Crippen LogP contribution in [0.1, 0.15) is 98.0 Å². The van der Waals surface area contributed by atoms with E-state index in [1.165, 1.54) is 34.4 Å². The number of nitrogens with zero attached hydrogens (tertiary/aromatic N) is 4. The molecule has 3 aliphatic rings. The Hall–Kier alpha value is -2.75. The summed E-state index contributed by atoms with van der Waals surface area (Å²) in [5.41, 5.74) is 10.5. The first kappa shape index (κ1) is 31.2. The van der Waals surface area contributed by atoms with Crippen LogP contribution in [0.15, 0.2) is 42.8 Å². The summed E-state index contributed by atoms with van der Waals surface area (Å²) in [4.78, 5) is 17.4. The maximum absolute atomic E-state index is 8.74. The number of benzene rings is 1. The molecule has 222 valence electrons. The molecule has 2 heterocycles. The molecule has 0 aliphatic heterocycles. The molecule has 0 saturated carbocycles. The van der Waals surface area contributed by atoms with Gasteiger partial charge in [-0.1, -0.05) is 86.9 Å². The molecule has 2 unspecified atom stereocenters. The second-order valence-corrected chi connectivity index (χ2v) is 14.9. The summed E-state index contributed by atoms with van der Waals surface area (Å²) in [5, 5.41) is 1.15. The van der Waals surface area contributed by atoms with Crippen molar-refractivity contribution in [3.05, 3.63) is 65.1 Å². The van der Waals surface area contributed by atoms with Crippen molar-refractivity contribution in [2.75, 3.05) is 0 Å². The summed E-state index contributed by atoms with van der Waals surface area (Å²) in [7, 11) is -4.67. The first-order valence-electron chi connectivity index (χ1n) is 14.2. The summed E-state index contributed by atoms with van der Waals surface area (Å²) in [6.07, 6.45) is 9.54. The normalized spacial score (nSPS) is 24.3. The SMILES string of the molecule is CC1C(C)(C)C2=C(c3ncncc3CC2)C1(C)C.CC1C(C)(C)c2ccc3cncnc3c2C1(C)C.O=S(=O)(O)O. The molecule has 41 heavy (non-hydrogen) atoms. The summed E-state index contributed by atoms with van der Waals surface area (Å²) in [6, 6.07) is 4.43. The van der Waals surface area contributed by atoms with Gasteiger partial charge < -0.3 is 0 Å². The van der Waals surface area contributed by atoms with E-state index in [1.54, 1.807) is 18.2 Å². The fourth-order valence-electron chi connectivity index (χ4n) is 7.61. The zero-order chi connectivity index (χ0) is 30.8. The monoisotopic (exact) mass is 580 g/mol. The third-order valence-corrected chi connectivity index (χ3v) is 10.7. The summed E-state index contributed by atoms with van der Waals surface area (Å²) >= 11 is 0. The van der Waals surface area contributed by atoms with E-state index in [9.17, 15) is 0 Å². The van der Waals surface area contributed by atoms with Gasteiger partial charge in [0.05, 0.1) is 11.2 Å². The molecular formula is C32H44N4O4S. The molecule has 1 aromatic carbocycles. The maximum Gasteiger partial charge on any atom is 0.394 e. The van der Waals surface area contributed by atoms with Gasteiger partial charge in [0.2, 0.25) is 0 Å². The van der Waals surface area contributed by atoms with Crippen LogP contribution in [-0.4, -0.2) is 37.5 Å². The van der Waals surface area contributed by atoms with E-state index in [0.717, 1.165) is 17.3 Å². The highest BCUT2D eigenvalue weighted by Gasteiger charge is 2.52. The van der Waals surface area contributed by atoms with Gasteiger partial charge in [-0.25, -0.2) is 19.9 Å². The zero-order valence-corrected chi connectivity index (χ0v) is 26.8. The Morgan fingerprint density at radius 3 is 1.95 bits per heavy atom. The lowest BCUT2D eigenvalue weighted by atomic mass is 9.69. The molecule has 3 aliphatic carbocycles. The Bertz CT molecular complexity index is 1620. The maximum atomic E-state index is 8.74. The Labute approximate surface area is 244 Å². The number of fused-ring (bicyclic) bond motifs is 5. The van der Waals surface area contributed by atoms with E-state index in [0.29, 0.717) is 17.3 Å². The van der Waals surface area contributed by atoms with Gasteiger partial charge in [0.1, 0.15) is 12.7 Å². The van der Waals surface area contributed by atoms with Crippen LogP contribution in [0.25, 0.3) is 16.5 Å². The van der Waals surface area contributed by atoms with E-state index >= 15 is 0 Å². The van der Waals surface area contributed by atoms with Gasteiger partial charge in [0.15, 0.2) is 0 Å². The topological polar surface area (TPSA) is 126 Å². The predicted molar refractivity (Wildman–Crippen MR) is 163 cm³/mol.